The van der Waals surface area contributed by atoms with Gasteiger partial charge in [0, 0.05) is 0 Å². The Hall–Kier alpha value is -2.00. The van der Waals surface area contributed by atoms with E-state index in [2.05, 4.69) is 26.8 Å². The lowest BCUT2D eigenvalue weighted by molar-refractivity contribution is -0.398. The summed E-state index contributed by atoms with van der Waals surface area (Å²) in [4.78, 5) is 27.1. The standard InChI is InChI=1S/C52H82O25/c1-47(2)13-21-20-7-8-26-48(3)11-10-28(49(4,18-54)25(48)9-12-50(26,5)51(20,6)14-27(58)52(21,19-55)41(67)40(47)66)73-46-39(77-44-34(64)32(62)31(61)24(15-53)72-44)36(35(65)37(75-46)42(68)69)74-45-38(30(60)23(57)17-71-45)76-43-33(63)29(59)22(56)16-70-43/h7,18,21-41,43-46,53,55-67H,8-17,19H2,1-6H3,(H,68,69)/t21-,22?,23-,24+,25+,26+,27+,28-,29?,30-,31-,32-,33?,34+,35-,36-,37-,38+,39+,40-,41-,43?,44-,45-,46+,48-,49-,50+,51+,52-/m0/s1. The molecule has 30 atom stereocenters. The summed E-state index contributed by atoms with van der Waals surface area (Å²) in [5, 5.41) is 165. The van der Waals surface area contributed by atoms with Crippen LogP contribution in [0.1, 0.15) is 86.5 Å². The van der Waals surface area contributed by atoms with Crippen molar-refractivity contribution in [2.45, 2.75) is 222 Å². The van der Waals surface area contributed by atoms with E-state index < -0.39 is 212 Å². The number of aliphatic hydroxyl groups excluding tert-OH is 14. The number of aldehydes is 1. The summed E-state index contributed by atoms with van der Waals surface area (Å²) in [6, 6.07) is 0. The second-order valence-electron chi connectivity index (χ2n) is 25.3. The van der Waals surface area contributed by atoms with E-state index in [1.807, 2.05) is 13.8 Å². The summed E-state index contributed by atoms with van der Waals surface area (Å²) in [7, 11) is 0. The van der Waals surface area contributed by atoms with Crippen LogP contribution in [0.15, 0.2) is 11.6 Å². The molecule has 0 radical (unpaired) electrons. The fourth-order valence-electron chi connectivity index (χ4n) is 16.2. The zero-order valence-electron chi connectivity index (χ0n) is 44.2. The Labute approximate surface area is 445 Å². The molecule has 0 aromatic heterocycles. The third-order valence-electron chi connectivity index (χ3n) is 21.0. The summed E-state index contributed by atoms with van der Waals surface area (Å²) in [5.74, 6) is -2.72. The quantitative estimate of drug-likeness (QED) is 0.0502. The molecule has 440 valence electrons. The lowest BCUT2D eigenvalue weighted by atomic mass is 9.33. The van der Waals surface area contributed by atoms with Crippen LogP contribution in [0.4, 0.5) is 0 Å². The molecule has 0 bridgehead atoms. The molecule has 0 amide bonds. The Morgan fingerprint density at radius 3 is 1.91 bits per heavy atom. The monoisotopic (exact) mass is 1110 g/mol. The van der Waals surface area contributed by atoms with Crippen LogP contribution in [0.5, 0.6) is 0 Å². The minimum atomic E-state index is -2.26. The predicted molar refractivity (Wildman–Crippen MR) is 256 cm³/mol. The third kappa shape index (κ3) is 9.22. The number of rotatable bonds is 12. The lowest BCUT2D eigenvalue weighted by Crippen LogP contribution is -2.72. The van der Waals surface area contributed by atoms with E-state index in [4.69, 9.17) is 37.9 Å². The number of carboxylic acids is 1. The Morgan fingerprint density at radius 2 is 1.27 bits per heavy atom. The molecule has 9 aliphatic rings. The van der Waals surface area contributed by atoms with E-state index in [0.29, 0.717) is 32.1 Å². The zero-order chi connectivity index (χ0) is 56.4. The van der Waals surface area contributed by atoms with E-state index in [-0.39, 0.29) is 18.8 Å². The summed E-state index contributed by atoms with van der Waals surface area (Å²) in [6.07, 6.45) is -33.5. The summed E-state index contributed by atoms with van der Waals surface area (Å²) in [5.41, 5.74) is -4.26. The first-order chi connectivity index (χ1) is 36.0. The van der Waals surface area contributed by atoms with Gasteiger partial charge in [-0.1, -0.05) is 53.2 Å². The molecule has 4 unspecified atom stereocenters. The van der Waals surface area contributed by atoms with Crippen molar-refractivity contribution in [3.8, 4) is 0 Å². The van der Waals surface area contributed by atoms with Gasteiger partial charge in [0.2, 0.25) is 0 Å². The molecule has 25 heteroatoms. The molecule has 4 saturated heterocycles. The average Bonchev–Trinajstić information content (AvgIpc) is 3.55. The molecule has 8 fully saturated rings. The lowest BCUT2D eigenvalue weighted by Gasteiger charge is -2.72. The van der Waals surface area contributed by atoms with Crippen molar-refractivity contribution in [1.82, 2.24) is 0 Å². The number of hydrogen-bond acceptors (Lipinski definition) is 24. The van der Waals surface area contributed by atoms with Crippen molar-refractivity contribution >= 4 is 12.3 Å². The fraction of sp³-hybridized carbons (Fsp3) is 0.923. The topological polar surface area (TPSA) is 411 Å². The average molecular weight is 1110 g/mol. The number of hydrogen-bond donors (Lipinski definition) is 15. The normalized spacial score (nSPS) is 55.6. The molecule has 0 aromatic carbocycles. The van der Waals surface area contributed by atoms with Gasteiger partial charge in [-0.3, -0.25) is 0 Å². The van der Waals surface area contributed by atoms with E-state index in [1.165, 1.54) is 0 Å². The maximum Gasteiger partial charge on any atom is 0.335 e. The Bertz CT molecular complexity index is 2170. The van der Waals surface area contributed by atoms with E-state index in [9.17, 15) is 86.2 Å². The molecule has 15 N–H and O–H groups in total. The number of carboxylic acid groups (broad SMARTS) is 1. The van der Waals surface area contributed by atoms with E-state index in [1.54, 1.807) is 6.92 Å². The molecule has 4 aliphatic heterocycles. The predicted octanol–water partition coefficient (Wildman–Crippen LogP) is -4.10. The smallest absolute Gasteiger partial charge is 0.335 e. The molecule has 5 aliphatic carbocycles. The number of fused-ring (bicyclic) bond motifs is 7. The molecule has 9 rings (SSSR count). The van der Waals surface area contributed by atoms with Crippen LogP contribution < -0.4 is 0 Å². The van der Waals surface area contributed by atoms with Crippen molar-refractivity contribution in [2.24, 2.45) is 50.2 Å². The van der Waals surface area contributed by atoms with Crippen molar-refractivity contribution < 1.29 is 124 Å². The molecule has 0 spiro atoms. The van der Waals surface area contributed by atoms with Gasteiger partial charge in [0.05, 0.1) is 61.7 Å². The fourth-order valence-corrected chi connectivity index (χ4v) is 16.2. The van der Waals surface area contributed by atoms with E-state index in [0.717, 1.165) is 11.9 Å². The molecular weight excluding hydrogens is 1020 g/mol. The van der Waals surface area contributed by atoms with Gasteiger partial charge in [-0.25, -0.2) is 4.79 Å². The van der Waals surface area contributed by atoms with Gasteiger partial charge in [-0.15, -0.1) is 0 Å². The largest absolute Gasteiger partial charge is 0.479 e. The summed E-state index contributed by atoms with van der Waals surface area (Å²) in [6.45, 7) is 9.34. The first-order valence-corrected chi connectivity index (χ1v) is 27.0. The maximum atomic E-state index is 14.0. The summed E-state index contributed by atoms with van der Waals surface area (Å²) >= 11 is 0. The first-order valence-electron chi connectivity index (χ1n) is 27.0. The minimum absolute atomic E-state index is 0.103. The molecular formula is C52H82O25. The number of allylic oxidation sites excluding steroid dienone is 2. The van der Waals surface area contributed by atoms with Gasteiger partial charge < -0.3 is 119 Å². The van der Waals surface area contributed by atoms with E-state index >= 15 is 0 Å². The highest BCUT2D eigenvalue weighted by Crippen LogP contribution is 2.76. The molecule has 77 heavy (non-hydrogen) atoms. The Balaban J connectivity index is 1.05. The van der Waals surface area contributed by atoms with Crippen molar-refractivity contribution in [3.63, 3.8) is 0 Å². The van der Waals surface area contributed by atoms with Crippen LogP contribution in [0.25, 0.3) is 0 Å². The second kappa shape index (κ2) is 21.3. The second-order valence-corrected chi connectivity index (χ2v) is 25.3. The number of carbonyl (C=O) groups excluding carboxylic acids is 1. The van der Waals surface area contributed by atoms with Gasteiger partial charge in [0.15, 0.2) is 31.3 Å². The van der Waals surface area contributed by atoms with Gasteiger partial charge in [-0.05, 0) is 84.4 Å². The maximum absolute atomic E-state index is 14.0. The van der Waals surface area contributed by atoms with Gasteiger partial charge in [0.25, 0.3) is 0 Å². The first kappa shape index (κ1) is 59.6. The van der Waals surface area contributed by atoms with Crippen LogP contribution in [-0.4, -0.2) is 250 Å². The van der Waals surface area contributed by atoms with Gasteiger partial charge >= 0.3 is 5.97 Å². The van der Waals surface area contributed by atoms with Crippen LogP contribution in [-0.2, 0) is 47.5 Å². The molecule has 4 saturated carbocycles. The Kier molecular flexibility index (Phi) is 16.5. The van der Waals surface area contributed by atoms with Gasteiger partial charge in [0.1, 0.15) is 85.6 Å². The zero-order valence-corrected chi connectivity index (χ0v) is 44.2. The molecule has 4 heterocycles. The van der Waals surface area contributed by atoms with Crippen LogP contribution >= 0.6 is 0 Å². The van der Waals surface area contributed by atoms with Crippen LogP contribution in [0.2, 0.25) is 0 Å². The van der Waals surface area contributed by atoms with Crippen molar-refractivity contribution in [3.05, 3.63) is 11.6 Å². The third-order valence-corrected chi connectivity index (χ3v) is 21.0. The van der Waals surface area contributed by atoms with Crippen LogP contribution in [0, 0.1) is 50.2 Å². The highest BCUT2D eigenvalue weighted by molar-refractivity contribution is 5.73. The number of ether oxygens (including phenoxy) is 8. The number of carbonyl (C=O) groups is 2. The molecule has 25 nitrogen and oxygen atoms in total. The highest BCUT2D eigenvalue weighted by Gasteiger charge is 2.73. The summed E-state index contributed by atoms with van der Waals surface area (Å²) < 4.78 is 48.0. The number of aliphatic hydroxyl groups is 14. The number of aliphatic carboxylic acids is 1. The highest BCUT2D eigenvalue weighted by atomic mass is 16.8. The molecule has 0 aromatic rings. The van der Waals surface area contributed by atoms with Crippen LogP contribution in [0.3, 0.4) is 0 Å². The minimum Gasteiger partial charge on any atom is -0.479 e. The Morgan fingerprint density at radius 1 is 0.649 bits per heavy atom. The van der Waals surface area contributed by atoms with Gasteiger partial charge in [-0.2, -0.15) is 0 Å². The van der Waals surface area contributed by atoms with Crippen molar-refractivity contribution in [2.75, 3.05) is 26.4 Å². The SMILES string of the molecule is CC1(C)C[C@H]2C3=CC[C@@H]4[C@@]5(C)CC[C@H](O[C@@H]6O[C@H](C(=O)O)[C@@H](O)[C@H](O[C@@H]7OC[C@H](O)[C@H](O)[C@H]7OC7OCC(O)C(O)C7O)[C@H]6O[C@@H]6O[C@H](CO)[C@H](O)[C@H](O)[C@H]6O)[C@@](C)(C=O)[C@@H]5CC[C@@]4(C)[C@]3(C)C[C@@H](O)[C@@]2(CO)[C@@H](O)[C@@H]1O. The van der Waals surface area contributed by atoms with Crippen molar-refractivity contribution in [1.29, 1.82) is 0 Å².